The number of methoxy groups -OCH3 is 1. The van der Waals surface area contributed by atoms with Gasteiger partial charge >= 0.3 is 12.1 Å². The summed E-state index contributed by atoms with van der Waals surface area (Å²) in [6, 6.07) is 3.68. The summed E-state index contributed by atoms with van der Waals surface area (Å²) in [4.78, 5) is 33.3. The van der Waals surface area contributed by atoms with Crippen LogP contribution in [-0.4, -0.2) is 50.7 Å². The third kappa shape index (κ3) is 7.12. The van der Waals surface area contributed by atoms with Gasteiger partial charge in [0.15, 0.2) is 4.90 Å². The van der Waals surface area contributed by atoms with Gasteiger partial charge in [-0.1, -0.05) is 12.1 Å². The van der Waals surface area contributed by atoms with Crippen LogP contribution in [0.4, 0.5) is 10.5 Å². The molecule has 156 valence electrons. The predicted octanol–water partition coefficient (Wildman–Crippen LogP) is 1.33. The average molecular weight is 417 g/mol. The summed E-state index contributed by atoms with van der Waals surface area (Å²) < 4.78 is 36.5. The van der Waals surface area contributed by atoms with Crippen LogP contribution in [0.15, 0.2) is 29.2 Å². The molecular weight excluding hydrogens is 394 g/mol. The normalized spacial score (nSPS) is 12.7. The van der Waals surface area contributed by atoms with Crippen LogP contribution in [0.2, 0.25) is 0 Å². The number of para-hydroxylation sites is 1. The Morgan fingerprint density at radius 2 is 1.86 bits per heavy atom. The first-order chi connectivity index (χ1) is 12.9. The van der Waals surface area contributed by atoms with Crippen molar-refractivity contribution < 1.29 is 32.4 Å². The molecule has 0 radical (unpaired) electrons. The van der Waals surface area contributed by atoms with Gasteiger partial charge in [-0.15, -0.1) is 0 Å². The summed E-state index contributed by atoms with van der Waals surface area (Å²) in [6.45, 7) is 4.63. The zero-order valence-corrected chi connectivity index (χ0v) is 16.7. The lowest BCUT2D eigenvalue weighted by molar-refractivity contribution is -0.387. The smallest absolute Gasteiger partial charge is 0.408 e. The predicted molar refractivity (Wildman–Crippen MR) is 98.1 cm³/mol. The van der Waals surface area contributed by atoms with Crippen molar-refractivity contribution in [3.63, 3.8) is 0 Å². The van der Waals surface area contributed by atoms with Crippen LogP contribution in [0, 0.1) is 10.1 Å². The van der Waals surface area contributed by atoms with Crippen LogP contribution >= 0.6 is 0 Å². The van der Waals surface area contributed by atoms with Crippen LogP contribution in [0.25, 0.3) is 0 Å². The van der Waals surface area contributed by atoms with Crippen molar-refractivity contribution in [2.75, 3.05) is 13.7 Å². The fraction of sp³-hybridized carbons (Fsp3) is 0.500. The lowest BCUT2D eigenvalue weighted by Gasteiger charge is -2.22. The van der Waals surface area contributed by atoms with Gasteiger partial charge in [-0.3, -0.25) is 10.1 Å². The van der Waals surface area contributed by atoms with Crippen molar-refractivity contribution in [2.24, 2.45) is 0 Å². The molecule has 0 heterocycles. The van der Waals surface area contributed by atoms with Crippen LogP contribution in [0.5, 0.6) is 0 Å². The van der Waals surface area contributed by atoms with Gasteiger partial charge in [-0.05, 0) is 33.3 Å². The Hall–Kier alpha value is -2.73. The highest BCUT2D eigenvalue weighted by Gasteiger charge is 2.28. The molecule has 11 nitrogen and oxygen atoms in total. The molecule has 0 spiro atoms. The van der Waals surface area contributed by atoms with Gasteiger partial charge in [0.1, 0.15) is 11.6 Å². The topological polar surface area (TPSA) is 154 Å². The molecule has 2 N–H and O–H groups in total. The van der Waals surface area contributed by atoms with Crippen molar-refractivity contribution in [1.82, 2.24) is 10.0 Å². The van der Waals surface area contributed by atoms with Crippen LogP contribution in [0.1, 0.15) is 27.2 Å². The number of nitro benzene ring substituents is 1. The number of esters is 1. The van der Waals surface area contributed by atoms with Gasteiger partial charge in [0.25, 0.3) is 5.69 Å². The summed E-state index contributed by atoms with van der Waals surface area (Å²) in [5.74, 6) is -0.796. The van der Waals surface area contributed by atoms with Gasteiger partial charge < -0.3 is 14.8 Å². The molecule has 1 atom stereocenters. The van der Waals surface area contributed by atoms with Gasteiger partial charge in [-0.25, -0.2) is 22.7 Å². The molecule has 0 aliphatic carbocycles. The number of hydrogen-bond acceptors (Lipinski definition) is 8. The minimum atomic E-state index is -4.21. The van der Waals surface area contributed by atoms with Crippen molar-refractivity contribution in [3.05, 3.63) is 34.4 Å². The molecule has 0 bridgehead atoms. The third-order valence-corrected chi connectivity index (χ3v) is 4.76. The van der Waals surface area contributed by atoms with E-state index in [0.29, 0.717) is 0 Å². The van der Waals surface area contributed by atoms with Crippen molar-refractivity contribution in [3.8, 4) is 0 Å². The highest BCUT2D eigenvalue weighted by atomic mass is 32.2. The minimum Gasteiger partial charge on any atom is -0.467 e. The highest BCUT2D eigenvalue weighted by molar-refractivity contribution is 7.89. The second-order valence-corrected chi connectivity index (χ2v) is 8.37. The van der Waals surface area contributed by atoms with E-state index in [-0.39, 0.29) is 13.0 Å². The quantitative estimate of drug-likeness (QED) is 0.365. The molecule has 1 aromatic carbocycles. The van der Waals surface area contributed by atoms with Crippen molar-refractivity contribution in [1.29, 1.82) is 0 Å². The standard InChI is InChI=1S/C16H23N3O8S/c1-16(2,3)27-15(21)18-11(14(20)26-4)9-10-17-28(24,25)13-8-6-5-7-12(13)19(22)23/h5-8,11,17H,9-10H2,1-4H3,(H,18,21). The molecule has 12 heteroatoms. The van der Waals surface area contributed by atoms with E-state index in [1.54, 1.807) is 20.8 Å². The number of nitrogens with one attached hydrogen (secondary N) is 2. The van der Waals surface area contributed by atoms with Gasteiger partial charge in [0.2, 0.25) is 10.0 Å². The summed E-state index contributed by atoms with van der Waals surface area (Å²) in [7, 11) is -3.09. The van der Waals surface area contributed by atoms with Gasteiger partial charge in [0, 0.05) is 12.6 Å². The van der Waals surface area contributed by atoms with Crippen LogP contribution in [-0.2, 0) is 24.3 Å². The van der Waals surface area contributed by atoms with E-state index in [0.717, 1.165) is 19.2 Å². The number of nitrogens with zero attached hydrogens (tertiary/aromatic N) is 1. The Bertz CT molecular complexity index is 833. The van der Waals surface area contributed by atoms with Gasteiger partial charge in [-0.2, -0.15) is 0 Å². The summed E-state index contributed by atoms with van der Waals surface area (Å²) in [6.07, 6.45) is -1.03. The second-order valence-electron chi connectivity index (χ2n) is 6.63. The first kappa shape index (κ1) is 23.3. The average Bonchev–Trinajstić information content (AvgIpc) is 2.58. The molecule has 0 aromatic heterocycles. The Balaban J connectivity index is 2.82. The number of sulfonamides is 1. The first-order valence-corrected chi connectivity index (χ1v) is 9.66. The molecule has 0 aliphatic heterocycles. The van der Waals surface area contributed by atoms with E-state index < -0.39 is 49.2 Å². The first-order valence-electron chi connectivity index (χ1n) is 8.18. The fourth-order valence-corrected chi connectivity index (χ4v) is 3.31. The number of carbonyl (C=O) groups excluding carboxylic acids is 2. The van der Waals surface area contributed by atoms with Crippen LogP contribution in [0.3, 0.4) is 0 Å². The number of ether oxygens (including phenoxy) is 2. The molecule has 1 unspecified atom stereocenters. The summed E-state index contributed by atoms with van der Waals surface area (Å²) in [5.41, 5.74) is -1.37. The fourth-order valence-electron chi connectivity index (χ4n) is 2.09. The second kappa shape index (κ2) is 9.46. The number of carbonyl (C=O) groups is 2. The monoisotopic (exact) mass is 417 g/mol. The van der Waals surface area contributed by atoms with E-state index in [2.05, 4.69) is 14.8 Å². The number of benzene rings is 1. The van der Waals surface area contributed by atoms with E-state index >= 15 is 0 Å². The van der Waals surface area contributed by atoms with E-state index in [1.807, 2.05) is 0 Å². The summed E-state index contributed by atoms with van der Waals surface area (Å²) in [5, 5.41) is 13.3. The Kier molecular flexibility index (Phi) is 7.88. The number of nitro groups is 1. The number of amides is 1. The number of hydrogen-bond donors (Lipinski definition) is 2. The van der Waals surface area contributed by atoms with Gasteiger partial charge in [0.05, 0.1) is 12.0 Å². The Morgan fingerprint density at radius 3 is 2.39 bits per heavy atom. The molecule has 1 rings (SSSR count). The lowest BCUT2D eigenvalue weighted by atomic mass is 10.2. The molecule has 0 fully saturated rings. The zero-order chi connectivity index (χ0) is 21.5. The minimum absolute atomic E-state index is 0.161. The maximum Gasteiger partial charge on any atom is 0.408 e. The molecule has 0 aliphatic rings. The molecule has 0 saturated heterocycles. The Labute approximate surface area is 162 Å². The molecule has 0 saturated carbocycles. The molecule has 1 aromatic rings. The van der Waals surface area contributed by atoms with E-state index in [4.69, 9.17) is 4.74 Å². The number of alkyl carbamates (subject to hydrolysis) is 1. The SMILES string of the molecule is COC(=O)C(CCNS(=O)(=O)c1ccccc1[N+](=O)[O-])NC(=O)OC(C)(C)C. The maximum atomic E-state index is 12.3. The molecule has 1 amide bonds. The lowest BCUT2D eigenvalue weighted by Crippen LogP contribution is -2.45. The van der Waals surface area contributed by atoms with E-state index in [1.165, 1.54) is 12.1 Å². The van der Waals surface area contributed by atoms with E-state index in [9.17, 15) is 28.1 Å². The van der Waals surface area contributed by atoms with Crippen molar-refractivity contribution in [2.45, 2.75) is 43.7 Å². The summed E-state index contributed by atoms with van der Waals surface area (Å²) >= 11 is 0. The number of rotatable bonds is 8. The van der Waals surface area contributed by atoms with Crippen LogP contribution < -0.4 is 10.0 Å². The third-order valence-electron chi connectivity index (χ3n) is 3.25. The maximum absolute atomic E-state index is 12.3. The van der Waals surface area contributed by atoms with Crippen molar-refractivity contribution >= 4 is 27.8 Å². The Morgan fingerprint density at radius 1 is 1.25 bits per heavy atom. The molecular formula is C16H23N3O8S. The molecule has 28 heavy (non-hydrogen) atoms. The zero-order valence-electron chi connectivity index (χ0n) is 15.9. The largest absolute Gasteiger partial charge is 0.467 e. The highest BCUT2D eigenvalue weighted by Crippen LogP contribution is 2.22.